The molecule has 1 heterocycles. The lowest BCUT2D eigenvalue weighted by Gasteiger charge is -2.23. The summed E-state index contributed by atoms with van der Waals surface area (Å²) < 4.78 is 4.55. The molecule has 1 aliphatic rings. The van der Waals surface area contributed by atoms with Gasteiger partial charge in [-0.2, -0.15) is 0 Å². The number of ether oxygens (including phenoxy) is 1. The molecule has 0 aromatic heterocycles. The molecular formula is C16H25ClN2O2. The Balaban J connectivity index is 0.000000270. The Hall–Kier alpha value is -1.26. The summed E-state index contributed by atoms with van der Waals surface area (Å²) in [5.74, 6) is 0.648. The average molecular weight is 313 g/mol. The Labute approximate surface area is 132 Å². The van der Waals surface area contributed by atoms with Crippen molar-refractivity contribution in [1.29, 1.82) is 0 Å². The fraction of sp³-hybridized carbons (Fsp3) is 0.562. The van der Waals surface area contributed by atoms with Crippen molar-refractivity contribution in [1.82, 2.24) is 5.32 Å². The minimum Gasteiger partial charge on any atom is -0.462 e. The zero-order valence-electron chi connectivity index (χ0n) is 13.0. The normalized spacial score (nSPS) is 15.8. The van der Waals surface area contributed by atoms with Crippen LogP contribution in [-0.2, 0) is 9.53 Å². The zero-order valence-corrected chi connectivity index (χ0v) is 13.7. The van der Waals surface area contributed by atoms with Crippen LogP contribution < -0.4 is 11.1 Å². The molecule has 0 bridgehead atoms. The number of nitrogens with two attached hydrogens (primary N) is 1. The van der Waals surface area contributed by atoms with E-state index in [1.165, 1.54) is 18.4 Å². The number of halogens is 1. The molecule has 0 spiro atoms. The van der Waals surface area contributed by atoms with Gasteiger partial charge >= 0.3 is 0 Å². The number of piperidine rings is 1. The van der Waals surface area contributed by atoms with Crippen LogP contribution in [-0.4, -0.2) is 25.2 Å². The van der Waals surface area contributed by atoms with Gasteiger partial charge in [-0.3, -0.25) is 4.79 Å². The monoisotopic (exact) mass is 312 g/mol. The molecule has 3 N–H and O–H groups in total. The third-order valence-corrected chi connectivity index (χ3v) is 3.56. The van der Waals surface area contributed by atoms with Gasteiger partial charge in [-0.05, 0) is 70.3 Å². The molecule has 118 valence electrons. The van der Waals surface area contributed by atoms with Gasteiger partial charge in [0.05, 0.1) is 10.7 Å². The van der Waals surface area contributed by atoms with Crippen LogP contribution in [0.5, 0.6) is 0 Å². The SMILES string of the molecule is CC(C)(C)OC=O.Nc1ccc(C2CCNCC2)cc1Cl. The summed E-state index contributed by atoms with van der Waals surface area (Å²) >= 11 is 5.99. The second-order valence-electron chi connectivity index (χ2n) is 6.13. The van der Waals surface area contributed by atoms with Crippen LogP contribution in [0.25, 0.3) is 0 Å². The van der Waals surface area contributed by atoms with E-state index in [9.17, 15) is 4.79 Å². The molecule has 1 fully saturated rings. The van der Waals surface area contributed by atoms with Gasteiger partial charge < -0.3 is 15.8 Å². The van der Waals surface area contributed by atoms with Crippen LogP contribution in [0.2, 0.25) is 5.02 Å². The van der Waals surface area contributed by atoms with Crippen LogP contribution in [0.15, 0.2) is 18.2 Å². The third-order valence-electron chi connectivity index (χ3n) is 3.24. The lowest BCUT2D eigenvalue weighted by atomic mass is 9.90. The lowest BCUT2D eigenvalue weighted by Crippen LogP contribution is -2.26. The van der Waals surface area contributed by atoms with Crippen molar-refractivity contribution in [2.24, 2.45) is 0 Å². The summed E-state index contributed by atoms with van der Waals surface area (Å²) in [5.41, 5.74) is 7.35. The van der Waals surface area contributed by atoms with E-state index in [1.807, 2.05) is 32.9 Å². The fourth-order valence-electron chi connectivity index (χ4n) is 2.10. The highest BCUT2D eigenvalue weighted by atomic mass is 35.5. The van der Waals surface area contributed by atoms with Gasteiger partial charge in [0.2, 0.25) is 0 Å². The highest BCUT2D eigenvalue weighted by Gasteiger charge is 2.15. The molecule has 1 aromatic carbocycles. The second kappa shape index (κ2) is 8.25. The predicted molar refractivity (Wildman–Crippen MR) is 87.6 cm³/mol. The Morgan fingerprint density at radius 3 is 2.38 bits per heavy atom. The quantitative estimate of drug-likeness (QED) is 0.649. The molecule has 1 aliphatic heterocycles. The van der Waals surface area contributed by atoms with Crippen LogP contribution >= 0.6 is 11.6 Å². The summed E-state index contributed by atoms with van der Waals surface area (Å²) in [6, 6.07) is 6.00. The number of carbonyl (C=O) groups excluding carboxylic acids is 1. The average Bonchev–Trinajstić information content (AvgIpc) is 2.42. The molecule has 1 aromatic rings. The Morgan fingerprint density at radius 1 is 1.33 bits per heavy atom. The summed E-state index contributed by atoms with van der Waals surface area (Å²) in [5, 5.41) is 4.03. The van der Waals surface area contributed by atoms with E-state index in [0.717, 1.165) is 13.1 Å². The molecule has 4 nitrogen and oxygen atoms in total. The second-order valence-corrected chi connectivity index (χ2v) is 6.54. The Kier molecular flexibility index (Phi) is 6.99. The number of benzene rings is 1. The highest BCUT2D eigenvalue weighted by Crippen LogP contribution is 2.29. The molecule has 0 radical (unpaired) electrons. The Bertz CT molecular complexity index is 452. The van der Waals surface area contributed by atoms with Gasteiger partial charge in [-0.25, -0.2) is 0 Å². The van der Waals surface area contributed by atoms with Crippen molar-refractivity contribution in [2.75, 3.05) is 18.8 Å². The van der Waals surface area contributed by atoms with Gasteiger partial charge in [-0.15, -0.1) is 0 Å². The molecule has 21 heavy (non-hydrogen) atoms. The predicted octanol–water partition coefficient (Wildman–Crippen LogP) is 3.35. The van der Waals surface area contributed by atoms with E-state index in [0.29, 0.717) is 23.1 Å². The van der Waals surface area contributed by atoms with Crippen molar-refractivity contribution < 1.29 is 9.53 Å². The van der Waals surface area contributed by atoms with Crippen LogP contribution in [0.4, 0.5) is 5.69 Å². The van der Waals surface area contributed by atoms with E-state index in [-0.39, 0.29) is 5.60 Å². The number of hydrogen-bond donors (Lipinski definition) is 2. The molecule has 5 heteroatoms. The minimum atomic E-state index is -0.318. The Morgan fingerprint density at radius 2 is 1.95 bits per heavy atom. The van der Waals surface area contributed by atoms with Crippen molar-refractivity contribution in [3.05, 3.63) is 28.8 Å². The first-order valence-electron chi connectivity index (χ1n) is 7.20. The van der Waals surface area contributed by atoms with Crippen LogP contribution in [0, 0.1) is 0 Å². The van der Waals surface area contributed by atoms with Gasteiger partial charge in [0.25, 0.3) is 6.47 Å². The summed E-state index contributed by atoms with van der Waals surface area (Å²) in [6.45, 7) is 8.13. The van der Waals surface area contributed by atoms with E-state index >= 15 is 0 Å². The minimum absolute atomic E-state index is 0.318. The molecule has 0 aliphatic carbocycles. The molecule has 1 saturated heterocycles. The maximum Gasteiger partial charge on any atom is 0.293 e. The van der Waals surface area contributed by atoms with E-state index < -0.39 is 0 Å². The number of hydrogen-bond acceptors (Lipinski definition) is 4. The van der Waals surface area contributed by atoms with Crippen LogP contribution in [0.1, 0.15) is 45.1 Å². The maximum absolute atomic E-state index is 9.60. The standard InChI is InChI=1S/C11H15ClN2.C5H10O2/c12-10-7-9(1-2-11(10)13)8-3-5-14-6-4-8;1-5(2,3)7-4-6/h1-2,7-8,14H,3-6,13H2;4H,1-3H3. The third kappa shape index (κ3) is 6.82. The highest BCUT2D eigenvalue weighted by molar-refractivity contribution is 6.33. The fourth-order valence-corrected chi connectivity index (χ4v) is 2.29. The first kappa shape index (κ1) is 17.8. The van der Waals surface area contributed by atoms with Crippen molar-refractivity contribution in [3.8, 4) is 0 Å². The van der Waals surface area contributed by atoms with Crippen LogP contribution in [0.3, 0.4) is 0 Å². The molecule has 0 unspecified atom stereocenters. The molecule has 2 rings (SSSR count). The van der Waals surface area contributed by atoms with E-state index in [1.54, 1.807) is 0 Å². The molecular weight excluding hydrogens is 288 g/mol. The van der Waals surface area contributed by atoms with Gasteiger partial charge in [-0.1, -0.05) is 17.7 Å². The molecule has 0 amide bonds. The zero-order chi connectivity index (χ0) is 15.9. The number of nitrogens with one attached hydrogen (secondary N) is 1. The number of nitrogen functional groups attached to an aromatic ring is 1. The van der Waals surface area contributed by atoms with Gasteiger partial charge in [0.15, 0.2) is 0 Å². The summed E-state index contributed by atoms with van der Waals surface area (Å²) in [7, 11) is 0. The first-order chi connectivity index (χ1) is 9.83. The maximum atomic E-state index is 9.60. The van der Waals surface area contributed by atoms with Crippen molar-refractivity contribution in [2.45, 2.75) is 45.1 Å². The largest absolute Gasteiger partial charge is 0.462 e. The van der Waals surface area contributed by atoms with Crippen molar-refractivity contribution >= 4 is 23.8 Å². The van der Waals surface area contributed by atoms with Gasteiger partial charge in [0, 0.05) is 0 Å². The number of rotatable bonds is 2. The van der Waals surface area contributed by atoms with Gasteiger partial charge in [0.1, 0.15) is 5.60 Å². The molecule has 0 saturated carbocycles. The first-order valence-corrected chi connectivity index (χ1v) is 7.58. The van der Waals surface area contributed by atoms with E-state index in [2.05, 4.69) is 16.1 Å². The number of carbonyl (C=O) groups is 1. The summed E-state index contributed by atoms with van der Waals surface area (Å²) in [4.78, 5) is 9.60. The molecule has 0 atom stereocenters. The lowest BCUT2D eigenvalue weighted by molar-refractivity contribution is -0.138. The summed E-state index contributed by atoms with van der Waals surface area (Å²) in [6.07, 6.45) is 2.39. The number of anilines is 1. The van der Waals surface area contributed by atoms with E-state index in [4.69, 9.17) is 17.3 Å². The smallest absolute Gasteiger partial charge is 0.293 e. The van der Waals surface area contributed by atoms with Crippen molar-refractivity contribution in [3.63, 3.8) is 0 Å². The topological polar surface area (TPSA) is 64.3 Å².